The van der Waals surface area contributed by atoms with E-state index in [4.69, 9.17) is 19.9 Å². The van der Waals surface area contributed by atoms with Crippen molar-refractivity contribution in [2.24, 2.45) is 5.73 Å². The molecule has 6 nitrogen and oxygen atoms in total. The fourth-order valence-electron chi connectivity index (χ4n) is 2.25. The molecule has 2 N–H and O–H groups in total. The molecule has 0 saturated heterocycles. The standard InChI is InChI=1S/C15H27N3O3/c1-19-9-4-7-18(8-10-20-2)14(11-16)13-5-6-15(21-3)17-12-13/h5-6,12,14H,4,7-11,16H2,1-3H3. The van der Waals surface area contributed by atoms with E-state index >= 15 is 0 Å². The lowest BCUT2D eigenvalue weighted by molar-refractivity contribution is 0.108. The van der Waals surface area contributed by atoms with Crippen LogP contribution in [0.1, 0.15) is 18.0 Å². The molecule has 1 rings (SSSR count). The van der Waals surface area contributed by atoms with Gasteiger partial charge >= 0.3 is 0 Å². The lowest BCUT2D eigenvalue weighted by Gasteiger charge is -2.31. The van der Waals surface area contributed by atoms with Crippen molar-refractivity contribution in [3.8, 4) is 5.88 Å². The predicted molar refractivity (Wildman–Crippen MR) is 82.5 cm³/mol. The van der Waals surface area contributed by atoms with Crippen LogP contribution in [0.5, 0.6) is 5.88 Å². The van der Waals surface area contributed by atoms with E-state index in [1.165, 1.54) is 0 Å². The van der Waals surface area contributed by atoms with Crippen LogP contribution in [0.15, 0.2) is 18.3 Å². The van der Waals surface area contributed by atoms with Crippen LogP contribution in [-0.4, -0.2) is 64.1 Å². The van der Waals surface area contributed by atoms with Crippen molar-refractivity contribution < 1.29 is 14.2 Å². The van der Waals surface area contributed by atoms with Crippen molar-refractivity contribution >= 4 is 0 Å². The first-order valence-electron chi connectivity index (χ1n) is 7.18. The minimum absolute atomic E-state index is 0.121. The Balaban J connectivity index is 2.76. The van der Waals surface area contributed by atoms with E-state index in [1.807, 2.05) is 18.3 Å². The Hall–Kier alpha value is -1.21. The van der Waals surface area contributed by atoms with Crippen LogP contribution in [0.3, 0.4) is 0 Å². The van der Waals surface area contributed by atoms with E-state index < -0.39 is 0 Å². The summed E-state index contributed by atoms with van der Waals surface area (Å²) in [5.74, 6) is 0.609. The summed E-state index contributed by atoms with van der Waals surface area (Å²) in [6, 6.07) is 4.00. The molecule has 1 aromatic rings. The number of hydrogen-bond donors (Lipinski definition) is 1. The van der Waals surface area contributed by atoms with Gasteiger partial charge in [0, 0.05) is 58.8 Å². The van der Waals surface area contributed by atoms with Crippen LogP contribution in [-0.2, 0) is 9.47 Å². The molecule has 1 atom stereocenters. The molecule has 0 fully saturated rings. The van der Waals surface area contributed by atoms with Crippen LogP contribution in [0.2, 0.25) is 0 Å². The number of nitrogens with zero attached hydrogens (tertiary/aromatic N) is 2. The van der Waals surface area contributed by atoms with E-state index in [9.17, 15) is 0 Å². The minimum Gasteiger partial charge on any atom is -0.481 e. The summed E-state index contributed by atoms with van der Waals surface area (Å²) in [5.41, 5.74) is 7.07. The second-order valence-corrected chi connectivity index (χ2v) is 4.76. The third-order valence-electron chi connectivity index (χ3n) is 3.39. The zero-order valence-electron chi connectivity index (χ0n) is 13.2. The van der Waals surface area contributed by atoms with Crippen molar-refractivity contribution in [2.45, 2.75) is 12.5 Å². The molecule has 1 heterocycles. The van der Waals surface area contributed by atoms with Crippen LogP contribution in [0.4, 0.5) is 0 Å². The van der Waals surface area contributed by atoms with Gasteiger partial charge < -0.3 is 19.9 Å². The van der Waals surface area contributed by atoms with Gasteiger partial charge in [-0.1, -0.05) is 6.07 Å². The normalized spacial score (nSPS) is 12.6. The molecule has 21 heavy (non-hydrogen) atoms. The van der Waals surface area contributed by atoms with Gasteiger partial charge in [0.05, 0.1) is 13.7 Å². The lowest BCUT2D eigenvalue weighted by Crippen LogP contribution is -2.37. The highest BCUT2D eigenvalue weighted by Gasteiger charge is 2.19. The summed E-state index contributed by atoms with van der Waals surface area (Å²) < 4.78 is 15.4. The number of nitrogens with two attached hydrogens (primary N) is 1. The lowest BCUT2D eigenvalue weighted by atomic mass is 10.1. The number of methoxy groups -OCH3 is 3. The zero-order chi connectivity index (χ0) is 15.5. The topological polar surface area (TPSA) is 69.8 Å². The van der Waals surface area contributed by atoms with E-state index in [2.05, 4.69) is 9.88 Å². The van der Waals surface area contributed by atoms with Crippen LogP contribution < -0.4 is 10.5 Å². The maximum atomic E-state index is 5.98. The Kier molecular flexibility index (Phi) is 8.93. The first kappa shape index (κ1) is 17.8. The van der Waals surface area contributed by atoms with E-state index in [0.717, 1.165) is 31.7 Å². The Labute approximate surface area is 127 Å². The highest BCUT2D eigenvalue weighted by atomic mass is 16.5. The smallest absolute Gasteiger partial charge is 0.212 e. The number of hydrogen-bond acceptors (Lipinski definition) is 6. The Morgan fingerprint density at radius 1 is 1.14 bits per heavy atom. The zero-order valence-corrected chi connectivity index (χ0v) is 13.2. The number of aromatic nitrogens is 1. The Morgan fingerprint density at radius 3 is 2.43 bits per heavy atom. The van der Waals surface area contributed by atoms with Crippen molar-refractivity contribution in [1.29, 1.82) is 0 Å². The second kappa shape index (κ2) is 10.5. The van der Waals surface area contributed by atoms with Crippen LogP contribution in [0, 0.1) is 0 Å². The highest BCUT2D eigenvalue weighted by molar-refractivity contribution is 5.21. The molecule has 0 aromatic carbocycles. The van der Waals surface area contributed by atoms with E-state index in [-0.39, 0.29) is 6.04 Å². The third-order valence-corrected chi connectivity index (χ3v) is 3.39. The molecule has 120 valence electrons. The number of rotatable bonds is 11. The van der Waals surface area contributed by atoms with Gasteiger partial charge in [0.2, 0.25) is 5.88 Å². The fourth-order valence-corrected chi connectivity index (χ4v) is 2.25. The van der Waals surface area contributed by atoms with Gasteiger partial charge in [-0.3, -0.25) is 4.90 Å². The van der Waals surface area contributed by atoms with Gasteiger partial charge in [-0.15, -0.1) is 0 Å². The minimum atomic E-state index is 0.121. The molecule has 1 unspecified atom stereocenters. The maximum Gasteiger partial charge on any atom is 0.212 e. The maximum absolute atomic E-state index is 5.98. The molecule has 0 aliphatic heterocycles. The molecule has 0 spiro atoms. The molecular weight excluding hydrogens is 270 g/mol. The summed E-state index contributed by atoms with van der Waals surface area (Å²) in [7, 11) is 5.03. The van der Waals surface area contributed by atoms with Crippen molar-refractivity contribution in [2.75, 3.05) is 54.2 Å². The summed E-state index contributed by atoms with van der Waals surface area (Å²) in [6.07, 6.45) is 2.78. The molecule has 0 radical (unpaired) electrons. The van der Waals surface area contributed by atoms with Crippen LogP contribution in [0.25, 0.3) is 0 Å². The number of pyridine rings is 1. The predicted octanol–water partition coefficient (Wildman–Crippen LogP) is 1.07. The first-order valence-corrected chi connectivity index (χ1v) is 7.18. The SMILES string of the molecule is COCCCN(CCOC)C(CN)c1ccc(OC)nc1. The van der Waals surface area contributed by atoms with Gasteiger partial charge in [0.15, 0.2) is 0 Å². The summed E-state index contributed by atoms with van der Waals surface area (Å²) >= 11 is 0. The molecule has 1 aromatic heterocycles. The molecule has 0 saturated carbocycles. The van der Waals surface area contributed by atoms with Gasteiger partial charge in [0.25, 0.3) is 0 Å². The van der Waals surface area contributed by atoms with Gasteiger partial charge in [-0.25, -0.2) is 4.98 Å². The van der Waals surface area contributed by atoms with Gasteiger partial charge in [-0.05, 0) is 12.0 Å². The Morgan fingerprint density at radius 2 is 1.90 bits per heavy atom. The monoisotopic (exact) mass is 297 g/mol. The first-order chi connectivity index (χ1) is 10.3. The molecule has 0 aliphatic rings. The summed E-state index contributed by atoms with van der Waals surface area (Å²) in [6.45, 7) is 3.68. The van der Waals surface area contributed by atoms with Crippen molar-refractivity contribution in [3.05, 3.63) is 23.9 Å². The fraction of sp³-hybridized carbons (Fsp3) is 0.667. The molecule has 0 aliphatic carbocycles. The van der Waals surface area contributed by atoms with Crippen molar-refractivity contribution in [3.63, 3.8) is 0 Å². The number of ether oxygens (including phenoxy) is 3. The summed E-state index contributed by atoms with van der Waals surface area (Å²) in [5, 5.41) is 0. The molecule has 0 amide bonds. The average molecular weight is 297 g/mol. The van der Waals surface area contributed by atoms with E-state index in [0.29, 0.717) is 19.0 Å². The second-order valence-electron chi connectivity index (χ2n) is 4.76. The quantitative estimate of drug-likeness (QED) is 0.616. The van der Waals surface area contributed by atoms with E-state index in [1.54, 1.807) is 21.3 Å². The van der Waals surface area contributed by atoms with Crippen molar-refractivity contribution in [1.82, 2.24) is 9.88 Å². The highest BCUT2D eigenvalue weighted by Crippen LogP contribution is 2.20. The van der Waals surface area contributed by atoms with Gasteiger partial charge in [0.1, 0.15) is 0 Å². The van der Waals surface area contributed by atoms with Gasteiger partial charge in [-0.2, -0.15) is 0 Å². The summed E-state index contributed by atoms with van der Waals surface area (Å²) in [4.78, 5) is 6.58. The molecule has 6 heteroatoms. The van der Waals surface area contributed by atoms with Crippen LogP contribution >= 0.6 is 0 Å². The third kappa shape index (κ3) is 5.97. The Bertz CT molecular complexity index is 373. The molecular formula is C15H27N3O3. The molecule has 0 bridgehead atoms. The largest absolute Gasteiger partial charge is 0.481 e. The average Bonchev–Trinajstić information content (AvgIpc) is 2.53.